The number of unbranched alkanes of at least 4 members (excludes halogenated alkanes) is 11. The van der Waals surface area contributed by atoms with E-state index in [-0.39, 0.29) is 0 Å². The van der Waals surface area contributed by atoms with Gasteiger partial charge >= 0.3 is 0 Å². The van der Waals surface area contributed by atoms with E-state index in [4.69, 9.17) is 0 Å². The van der Waals surface area contributed by atoms with Gasteiger partial charge in [-0.2, -0.15) is 0 Å². The van der Waals surface area contributed by atoms with E-state index in [1.807, 2.05) is 0 Å². The van der Waals surface area contributed by atoms with E-state index in [2.05, 4.69) is 97.9 Å². The summed E-state index contributed by atoms with van der Waals surface area (Å²) < 4.78 is 0. The zero-order valence-electron chi connectivity index (χ0n) is 24.4. The van der Waals surface area contributed by atoms with Crippen LogP contribution in [0.25, 0.3) is 53.9 Å². The minimum atomic E-state index is 1.20. The number of hydrogen-bond donors (Lipinski definition) is 0. The van der Waals surface area contributed by atoms with Crippen LogP contribution in [0.4, 0.5) is 0 Å². The van der Waals surface area contributed by atoms with Gasteiger partial charge in [-0.1, -0.05) is 169 Å². The van der Waals surface area contributed by atoms with Gasteiger partial charge in [0.05, 0.1) is 0 Å². The van der Waals surface area contributed by atoms with Crippen molar-refractivity contribution in [2.24, 2.45) is 0 Å². The van der Waals surface area contributed by atoms with E-state index in [1.165, 1.54) is 143 Å². The maximum Gasteiger partial charge on any atom is -0.00987 e. The molecule has 0 N–H and O–H groups in total. The first kappa shape index (κ1) is 26.8. The van der Waals surface area contributed by atoms with Gasteiger partial charge in [0.1, 0.15) is 0 Å². The summed E-state index contributed by atoms with van der Waals surface area (Å²) in [5.41, 5.74) is 1.48. The summed E-state index contributed by atoms with van der Waals surface area (Å²) in [7, 11) is 0. The molecule has 0 heteroatoms. The minimum absolute atomic E-state index is 1.20. The highest BCUT2D eigenvalue weighted by molar-refractivity contribution is 6.24. The first-order valence-electron chi connectivity index (χ1n) is 16.0. The highest BCUT2D eigenvalue weighted by Crippen LogP contribution is 2.37. The van der Waals surface area contributed by atoms with Crippen molar-refractivity contribution in [3.05, 3.63) is 96.6 Å². The van der Waals surface area contributed by atoms with Crippen molar-refractivity contribution in [2.75, 3.05) is 0 Å². The summed E-state index contributed by atoms with van der Waals surface area (Å²) >= 11 is 0. The Bertz CT molecular complexity index is 1740. The Morgan fingerprint density at radius 2 is 0.775 bits per heavy atom. The standard InChI is InChI=1S/C40H44/c1-2-3-4-5-6-7-8-9-10-11-12-13-16-30-19-22-34-32(29-30)21-24-38-36(34)26-28-39-37-23-20-31-17-14-15-18-33(31)35(37)25-27-40(38)39/h14-15,17-29H,2-13,16H2,1H3. The molecule has 0 bridgehead atoms. The molecule has 6 rings (SSSR count). The fraction of sp³-hybridized carbons (Fsp3) is 0.350. The number of aryl methyl sites for hydroxylation is 1. The molecule has 0 spiro atoms. The lowest BCUT2D eigenvalue weighted by atomic mass is 9.92. The van der Waals surface area contributed by atoms with E-state index in [0.29, 0.717) is 0 Å². The van der Waals surface area contributed by atoms with Gasteiger partial charge < -0.3 is 0 Å². The molecule has 0 nitrogen and oxygen atoms in total. The van der Waals surface area contributed by atoms with Crippen LogP contribution in [-0.4, -0.2) is 0 Å². The zero-order chi connectivity index (χ0) is 27.1. The lowest BCUT2D eigenvalue weighted by Crippen LogP contribution is -1.88. The summed E-state index contributed by atoms with van der Waals surface area (Å²) in [6.07, 6.45) is 18.1. The summed E-state index contributed by atoms with van der Waals surface area (Å²) in [5, 5.41) is 13.5. The Labute approximate surface area is 240 Å². The van der Waals surface area contributed by atoms with Crippen LogP contribution in [0, 0.1) is 0 Å². The van der Waals surface area contributed by atoms with Gasteiger partial charge in [-0.15, -0.1) is 0 Å². The van der Waals surface area contributed by atoms with Crippen LogP contribution in [0.3, 0.4) is 0 Å². The molecular formula is C40H44. The molecule has 0 aliphatic carbocycles. The van der Waals surface area contributed by atoms with E-state index in [9.17, 15) is 0 Å². The Balaban J connectivity index is 1.10. The second-order valence-corrected chi connectivity index (χ2v) is 12.0. The zero-order valence-corrected chi connectivity index (χ0v) is 24.4. The molecule has 6 aromatic carbocycles. The molecule has 0 fully saturated rings. The van der Waals surface area contributed by atoms with Crippen molar-refractivity contribution >= 4 is 53.9 Å². The van der Waals surface area contributed by atoms with E-state index in [0.717, 1.165) is 0 Å². The van der Waals surface area contributed by atoms with Crippen molar-refractivity contribution in [2.45, 2.75) is 90.4 Å². The van der Waals surface area contributed by atoms with Crippen molar-refractivity contribution < 1.29 is 0 Å². The Kier molecular flexibility index (Phi) is 8.62. The summed E-state index contributed by atoms with van der Waals surface area (Å²) in [4.78, 5) is 0. The molecule has 0 aliphatic rings. The second kappa shape index (κ2) is 12.9. The molecule has 0 amide bonds. The molecule has 0 unspecified atom stereocenters. The number of rotatable bonds is 13. The van der Waals surface area contributed by atoms with Crippen molar-refractivity contribution in [3.8, 4) is 0 Å². The van der Waals surface area contributed by atoms with Crippen LogP contribution in [0.5, 0.6) is 0 Å². The third kappa shape index (κ3) is 5.73. The third-order valence-electron chi connectivity index (χ3n) is 9.12. The maximum absolute atomic E-state index is 2.43. The average molecular weight is 525 g/mol. The van der Waals surface area contributed by atoms with Crippen molar-refractivity contribution in [1.29, 1.82) is 0 Å². The van der Waals surface area contributed by atoms with E-state index < -0.39 is 0 Å². The Morgan fingerprint density at radius 1 is 0.350 bits per heavy atom. The molecule has 0 radical (unpaired) electrons. The molecule has 40 heavy (non-hydrogen) atoms. The average Bonchev–Trinajstić information content (AvgIpc) is 3.00. The van der Waals surface area contributed by atoms with Gasteiger partial charge in [0.25, 0.3) is 0 Å². The highest BCUT2D eigenvalue weighted by atomic mass is 14.1. The molecule has 0 heterocycles. The van der Waals surface area contributed by atoms with E-state index in [1.54, 1.807) is 0 Å². The normalized spacial score (nSPS) is 11.9. The third-order valence-corrected chi connectivity index (χ3v) is 9.12. The van der Waals surface area contributed by atoms with Crippen LogP contribution in [-0.2, 0) is 6.42 Å². The molecule has 204 valence electrons. The Hall–Kier alpha value is -3.38. The number of benzene rings is 6. The summed E-state index contributed by atoms with van der Waals surface area (Å²) in [6.45, 7) is 2.30. The van der Waals surface area contributed by atoms with Crippen LogP contribution >= 0.6 is 0 Å². The van der Waals surface area contributed by atoms with Crippen LogP contribution in [0.1, 0.15) is 89.5 Å². The van der Waals surface area contributed by atoms with Gasteiger partial charge in [0.15, 0.2) is 0 Å². The van der Waals surface area contributed by atoms with Crippen LogP contribution in [0.2, 0.25) is 0 Å². The fourth-order valence-electron chi connectivity index (χ4n) is 6.84. The van der Waals surface area contributed by atoms with Gasteiger partial charge in [0.2, 0.25) is 0 Å². The molecule has 6 aromatic rings. The first-order valence-corrected chi connectivity index (χ1v) is 16.0. The van der Waals surface area contributed by atoms with Gasteiger partial charge in [-0.05, 0) is 72.3 Å². The molecule has 0 atom stereocenters. The SMILES string of the molecule is CCCCCCCCCCCCCCc1ccc2c(ccc3c2ccc2c4ccc5ccccc5c4ccc32)c1. The van der Waals surface area contributed by atoms with Crippen LogP contribution in [0.15, 0.2) is 91.0 Å². The van der Waals surface area contributed by atoms with Gasteiger partial charge in [0, 0.05) is 0 Å². The molecule has 0 aromatic heterocycles. The fourth-order valence-corrected chi connectivity index (χ4v) is 6.84. The van der Waals surface area contributed by atoms with Crippen molar-refractivity contribution in [3.63, 3.8) is 0 Å². The number of hydrogen-bond acceptors (Lipinski definition) is 0. The second-order valence-electron chi connectivity index (χ2n) is 12.0. The summed E-state index contributed by atoms with van der Waals surface area (Å²) in [5.74, 6) is 0. The van der Waals surface area contributed by atoms with Gasteiger partial charge in [-0.3, -0.25) is 0 Å². The molecule has 0 aliphatic heterocycles. The van der Waals surface area contributed by atoms with Crippen LogP contribution < -0.4 is 0 Å². The molecule has 0 saturated heterocycles. The first-order chi connectivity index (χ1) is 19.8. The molecular weight excluding hydrogens is 480 g/mol. The lowest BCUT2D eigenvalue weighted by molar-refractivity contribution is 0.544. The van der Waals surface area contributed by atoms with E-state index >= 15 is 0 Å². The summed E-state index contributed by atoms with van der Waals surface area (Å²) in [6, 6.07) is 34.5. The predicted octanol–water partition coefficient (Wildman–Crippen LogP) is 12.7. The lowest BCUT2D eigenvalue weighted by Gasteiger charge is -2.12. The topological polar surface area (TPSA) is 0 Å². The molecule has 0 saturated carbocycles. The number of fused-ring (bicyclic) bond motifs is 9. The van der Waals surface area contributed by atoms with Crippen molar-refractivity contribution in [1.82, 2.24) is 0 Å². The van der Waals surface area contributed by atoms with Gasteiger partial charge in [-0.25, -0.2) is 0 Å². The largest absolute Gasteiger partial charge is 0.0654 e. The minimum Gasteiger partial charge on any atom is -0.0654 e. The predicted molar refractivity (Wildman–Crippen MR) is 179 cm³/mol. The highest BCUT2D eigenvalue weighted by Gasteiger charge is 2.09. The Morgan fingerprint density at radius 3 is 1.38 bits per heavy atom. The smallest absolute Gasteiger partial charge is 0.00987 e. The maximum atomic E-state index is 2.43. The monoisotopic (exact) mass is 524 g/mol. The quantitative estimate of drug-likeness (QED) is 0.104.